The zero-order chi connectivity index (χ0) is 12.4. The molecule has 0 spiro atoms. The van der Waals surface area contributed by atoms with E-state index >= 15 is 0 Å². The molecule has 0 saturated heterocycles. The zero-order valence-electron chi connectivity index (χ0n) is 8.52. The highest BCUT2D eigenvalue weighted by atomic mass is 35.5. The monoisotopic (exact) mass is 251 g/mol. The van der Waals surface area contributed by atoms with Gasteiger partial charge < -0.3 is 5.11 Å². The number of aromatic carboxylic acids is 1. The Morgan fingerprint density at radius 3 is 2.76 bits per heavy atom. The van der Waals surface area contributed by atoms with Crippen molar-refractivity contribution < 1.29 is 14.3 Å². The Morgan fingerprint density at radius 2 is 2.06 bits per heavy atom. The van der Waals surface area contributed by atoms with Crippen molar-refractivity contribution in [3.8, 4) is 11.1 Å². The average Bonchev–Trinajstić information content (AvgIpc) is 2.32. The number of nitrogens with zero attached hydrogens (tertiary/aromatic N) is 1. The van der Waals surface area contributed by atoms with Gasteiger partial charge in [-0.1, -0.05) is 11.6 Å². The maximum atomic E-state index is 13.1. The minimum atomic E-state index is -1.11. The molecule has 17 heavy (non-hydrogen) atoms. The van der Waals surface area contributed by atoms with Crippen molar-refractivity contribution in [2.45, 2.75) is 0 Å². The Labute approximate surface area is 101 Å². The third-order valence-electron chi connectivity index (χ3n) is 2.27. The first-order valence-corrected chi connectivity index (χ1v) is 5.10. The molecule has 2 aromatic rings. The molecule has 3 nitrogen and oxygen atoms in total. The maximum Gasteiger partial charge on any atom is 0.336 e. The first kappa shape index (κ1) is 11.5. The van der Waals surface area contributed by atoms with E-state index < -0.39 is 11.8 Å². The standard InChI is InChI=1S/C12H7ClFNO2/c13-11-2-1-7(14)5-9(11)10-6-15-4-3-8(10)12(16)17/h1-6H,(H,16,17). The SMILES string of the molecule is O=C(O)c1ccncc1-c1cc(F)ccc1Cl. The summed E-state index contributed by atoms with van der Waals surface area (Å²) < 4.78 is 13.1. The van der Waals surface area contributed by atoms with Gasteiger partial charge in [-0.25, -0.2) is 9.18 Å². The Morgan fingerprint density at radius 1 is 1.29 bits per heavy atom. The molecule has 1 heterocycles. The summed E-state index contributed by atoms with van der Waals surface area (Å²) in [5, 5.41) is 9.30. The molecule has 2 rings (SSSR count). The molecule has 0 amide bonds. The number of benzene rings is 1. The van der Waals surface area contributed by atoms with Gasteiger partial charge in [0.2, 0.25) is 0 Å². The van der Waals surface area contributed by atoms with Gasteiger partial charge in [0, 0.05) is 28.5 Å². The second kappa shape index (κ2) is 4.51. The quantitative estimate of drug-likeness (QED) is 0.891. The fourth-order valence-electron chi connectivity index (χ4n) is 1.50. The number of hydrogen-bond acceptors (Lipinski definition) is 2. The van der Waals surface area contributed by atoms with Crippen LogP contribution >= 0.6 is 11.6 Å². The molecule has 1 aromatic heterocycles. The molecule has 0 aliphatic heterocycles. The number of hydrogen-bond donors (Lipinski definition) is 1. The molecule has 1 aromatic carbocycles. The van der Waals surface area contributed by atoms with Gasteiger partial charge in [-0.15, -0.1) is 0 Å². The largest absolute Gasteiger partial charge is 0.478 e. The van der Waals surface area contributed by atoms with E-state index in [0.717, 1.165) is 0 Å². The van der Waals surface area contributed by atoms with Crippen LogP contribution in [-0.4, -0.2) is 16.1 Å². The van der Waals surface area contributed by atoms with Crippen molar-refractivity contribution >= 4 is 17.6 Å². The van der Waals surface area contributed by atoms with Gasteiger partial charge in [0.25, 0.3) is 0 Å². The molecule has 0 fully saturated rings. The Hall–Kier alpha value is -1.94. The third kappa shape index (κ3) is 2.26. The van der Waals surface area contributed by atoms with E-state index in [9.17, 15) is 9.18 Å². The van der Waals surface area contributed by atoms with E-state index in [1.165, 1.54) is 36.7 Å². The summed E-state index contributed by atoms with van der Waals surface area (Å²) in [6.45, 7) is 0. The number of rotatable bonds is 2. The molecular formula is C12H7ClFNO2. The van der Waals surface area contributed by atoms with Crippen molar-refractivity contribution in [1.82, 2.24) is 4.98 Å². The summed E-state index contributed by atoms with van der Waals surface area (Å²) in [6, 6.07) is 5.12. The highest BCUT2D eigenvalue weighted by Crippen LogP contribution is 2.30. The molecule has 0 atom stereocenters. The lowest BCUT2D eigenvalue weighted by molar-refractivity contribution is 0.0697. The molecule has 0 aliphatic carbocycles. The van der Waals surface area contributed by atoms with Gasteiger partial charge in [0.1, 0.15) is 5.82 Å². The second-order valence-electron chi connectivity index (χ2n) is 3.35. The molecule has 5 heteroatoms. The van der Waals surface area contributed by atoms with E-state index in [2.05, 4.69) is 4.98 Å². The van der Waals surface area contributed by atoms with Gasteiger partial charge in [-0.3, -0.25) is 4.98 Å². The van der Waals surface area contributed by atoms with Crippen LogP contribution < -0.4 is 0 Å². The fraction of sp³-hybridized carbons (Fsp3) is 0. The number of halogens is 2. The van der Waals surface area contributed by atoms with Crippen molar-refractivity contribution in [1.29, 1.82) is 0 Å². The van der Waals surface area contributed by atoms with Crippen LogP contribution in [0.1, 0.15) is 10.4 Å². The summed E-state index contributed by atoms with van der Waals surface area (Å²) in [7, 11) is 0. The second-order valence-corrected chi connectivity index (χ2v) is 3.76. The molecular weight excluding hydrogens is 245 g/mol. The van der Waals surface area contributed by atoms with Gasteiger partial charge in [0.05, 0.1) is 5.56 Å². The topological polar surface area (TPSA) is 50.2 Å². The number of aromatic nitrogens is 1. The lowest BCUT2D eigenvalue weighted by Gasteiger charge is -2.07. The van der Waals surface area contributed by atoms with Gasteiger partial charge in [-0.05, 0) is 24.3 Å². The molecule has 0 aliphatic rings. The number of carboxylic acids is 1. The van der Waals surface area contributed by atoms with Crippen LogP contribution in [0.3, 0.4) is 0 Å². The van der Waals surface area contributed by atoms with Crippen molar-refractivity contribution in [2.24, 2.45) is 0 Å². The van der Waals surface area contributed by atoms with E-state index in [-0.39, 0.29) is 10.6 Å². The number of carbonyl (C=O) groups is 1. The molecule has 0 radical (unpaired) electrons. The molecule has 0 saturated carbocycles. The van der Waals surface area contributed by atoms with Crippen LogP contribution in [0, 0.1) is 5.82 Å². The summed E-state index contributed by atoms with van der Waals surface area (Å²) in [5.74, 6) is -1.59. The van der Waals surface area contributed by atoms with Gasteiger partial charge in [-0.2, -0.15) is 0 Å². The van der Waals surface area contributed by atoms with Crippen molar-refractivity contribution in [3.05, 3.63) is 53.1 Å². The summed E-state index contributed by atoms with van der Waals surface area (Å²) in [6.07, 6.45) is 2.71. The maximum absolute atomic E-state index is 13.1. The fourth-order valence-corrected chi connectivity index (χ4v) is 1.72. The van der Waals surface area contributed by atoms with E-state index in [0.29, 0.717) is 11.1 Å². The predicted molar refractivity (Wildman–Crippen MR) is 61.6 cm³/mol. The zero-order valence-corrected chi connectivity index (χ0v) is 9.28. The smallest absolute Gasteiger partial charge is 0.336 e. The summed E-state index contributed by atoms with van der Waals surface area (Å²) >= 11 is 5.92. The van der Waals surface area contributed by atoms with Crippen molar-refractivity contribution in [3.63, 3.8) is 0 Å². The first-order valence-electron chi connectivity index (χ1n) is 4.72. The lowest BCUT2D eigenvalue weighted by atomic mass is 10.0. The number of carboxylic acid groups (broad SMARTS) is 1. The Bertz CT molecular complexity index is 586. The molecule has 1 N–H and O–H groups in total. The van der Waals surface area contributed by atoms with Crippen LogP contribution in [-0.2, 0) is 0 Å². The summed E-state index contributed by atoms with van der Waals surface area (Å²) in [4.78, 5) is 14.9. The lowest BCUT2D eigenvalue weighted by Crippen LogP contribution is -2.00. The van der Waals surface area contributed by atoms with E-state index in [4.69, 9.17) is 16.7 Å². The van der Waals surface area contributed by atoms with Crippen LogP contribution in [0.4, 0.5) is 4.39 Å². The first-order chi connectivity index (χ1) is 8.09. The molecule has 0 unspecified atom stereocenters. The average molecular weight is 252 g/mol. The van der Waals surface area contributed by atoms with Crippen molar-refractivity contribution in [2.75, 3.05) is 0 Å². The molecule has 86 valence electrons. The molecule has 0 bridgehead atoms. The Kier molecular flexibility index (Phi) is 3.06. The highest BCUT2D eigenvalue weighted by molar-refractivity contribution is 6.33. The van der Waals surface area contributed by atoms with E-state index in [1.807, 2.05) is 0 Å². The highest BCUT2D eigenvalue weighted by Gasteiger charge is 2.14. The number of pyridine rings is 1. The summed E-state index contributed by atoms with van der Waals surface area (Å²) in [5.41, 5.74) is 0.647. The third-order valence-corrected chi connectivity index (χ3v) is 2.60. The van der Waals surface area contributed by atoms with Gasteiger partial charge in [0.15, 0.2) is 0 Å². The minimum Gasteiger partial charge on any atom is -0.478 e. The van der Waals surface area contributed by atoms with E-state index in [1.54, 1.807) is 0 Å². The minimum absolute atomic E-state index is 0.0347. The Balaban J connectivity index is 2.68. The van der Waals surface area contributed by atoms with Crippen LogP contribution in [0.5, 0.6) is 0 Å². The van der Waals surface area contributed by atoms with Crippen LogP contribution in [0.25, 0.3) is 11.1 Å². The normalized spacial score (nSPS) is 10.2. The predicted octanol–water partition coefficient (Wildman–Crippen LogP) is 3.24. The van der Waals surface area contributed by atoms with Gasteiger partial charge >= 0.3 is 5.97 Å². The van der Waals surface area contributed by atoms with Crippen LogP contribution in [0.2, 0.25) is 5.02 Å². The van der Waals surface area contributed by atoms with Crippen LogP contribution in [0.15, 0.2) is 36.7 Å².